The molecule has 0 saturated carbocycles. The van der Waals surface area contributed by atoms with Crippen LogP contribution < -0.4 is 10.3 Å². The first-order valence-corrected chi connectivity index (χ1v) is 9.87. The standard InChI is InChI=1S/C20H25Cl2N5/c1-4-5-19-15(2)24-16(3)25-20(19)26-23-14-17-6-8-18(9-7-17)27(12-10-21)13-11-22/h4,6-9,14H,1,5,10-13H2,2-3H3,(H,24,25,26)/b23-14-. The van der Waals surface area contributed by atoms with E-state index in [9.17, 15) is 0 Å². The Hall–Kier alpha value is -2.11. The second-order valence-electron chi connectivity index (χ2n) is 6.00. The Kier molecular flexibility index (Phi) is 8.55. The number of hydrazone groups is 1. The van der Waals surface area contributed by atoms with Gasteiger partial charge in [0.25, 0.3) is 0 Å². The molecule has 7 heteroatoms. The Bertz CT molecular complexity index is 769. The molecule has 0 radical (unpaired) electrons. The minimum Gasteiger partial charge on any atom is -0.369 e. The molecular formula is C20H25Cl2N5. The Morgan fingerprint density at radius 3 is 2.37 bits per heavy atom. The lowest BCUT2D eigenvalue weighted by molar-refractivity contribution is 0.874. The van der Waals surface area contributed by atoms with Gasteiger partial charge in [-0.25, -0.2) is 9.97 Å². The van der Waals surface area contributed by atoms with Crippen molar-refractivity contribution >= 4 is 40.9 Å². The number of hydrogen-bond acceptors (Lipinski definition) is 5. The highest BCUT2D eigenvalue weighted by Gasteiger charge is 2.08. The first-order chi connectivity index (χ1) is 13.1. The highest BCUT2D eigenvalue weighted by molar-refractivity contribution is 6.18. The Labute approximate surface area is 171 Å². The molecule has 0 aliphatic rings. The van der Waals surface area contributed by atoms with Crippen molar-refractivity contribution < 1.29 is 0 Å². The third kappa shape index (κ3) is 6.22. The molecule has 1 aromatic heterocycles. The maximum absolute atomic E-state index is 5.87. The van der Waals surface area contributed by atoms with Gasteiger partial charge in [-0.2, -0.15) is 5.10 Å². The topological polar surface area (TPSA) is 53.4 Å². The van der Waals surface area contributed by atoms with Crippen LogP contribution in [-0.2, 0) is 6.42 Å². The number of aromatic nitrogens is 2. The molecule has 0 fully saturated rings. The summed E-state index contributed by atoms with van der Waals surface area (Å²) in [6.45, 7) is 9.16. The predicted molar refractivity (Wildman–Crippen MR) is 117 cm³/mol. The molecule has 0 aliphatic heterocycles. The summed E-state index contributed by atoms with van der Waals surface area (Å²) in [5, 5.41) is 4.33. The van der Waals surface area contributed by atoms with E-state index in [0.717, 1.165) is 35.6 Å². The van der Waals surface area contributed by atoms with Crippen molar-refractivity contribution in [3.63, 3.8) is 0 Å². The summed E-state index contributed by atoms with van der Waals surface area (Å²) < 4.78 is 0. The normalized spacial score (nSPS) is 11.0. The first-order valence-electron chi connectivity index (χ1n) is 8.80. The number of nitrogens with zero attached hydrogens (tertiary/aromatic N) is 4. The zero-order valence-corrected chi connectivity index (χ0v) is 17.3. The molecule has 1 heterocycles. The van der Waals surface area contributed by atoms with E-state index in [-0.39, 0.29) is 0 Å². The third-order valence-corrected chi connectivity index (χ3v) is 4.36. The third-order valence-electron chi connectivity index (χ3n) is 4.03. The minimum atomic E-state index is 0.564. The summed E-state index contributed by atoms with van der Waals surface area (Å²) in [5.41, 5.74) is 7.04. The molecule has 0 unspecified atom stereocenters. The SMILES string of the molecule is C=CCc1c(C)nc(C)nc1N/N=C\c1ccc(N(CCCl)CCCl)cc1. The smallest absolute Gasteiger partial charge is 0.153 e. The van der Waals surface area contributed by atoms with Crippen LogP contribution in [0.3, 0.4) is 0 Å². The largest absolute Gasteiger partial charge is 0.369 e. The average Bonchev–Trinajstić information content (AvgIpc) is 2.65. The molecule has 0 saturated heterocycles. The van der Waals surface area contributed by atoms with Crippen LogP contribution in [0.1, 0.15) is 22.6 Å². The van der Waals surface area contributed by atoms with Crippen LogP contribution in [0.2, 0.25) is 0 Å². The maximum Gasteiger partial charge on any atom is 0.153 e. The van der Waals surface area contributed by atoms with Gasteiger partial charge in [0, 0.05) is 41.8 Å². The van der Waals surface area contributed by atoms with Gasteiger partial charge in [0.1, 0.15) is 5.82 Å². The fourth-order valence-electron chi connectivity index (χ4n) is 2.73. The Morgan fingerprint density at radius 2 is 1.78 bits per heavy atom. The van der Waals surface area contributed by atoms with Gasteiger partial charge in [0.2, 0.25) is 0 Å². The number of anilines is 2. The molecule has 144 valence electrons. The maximum atomic E-state index is 5.87. The molecule has 1 aromatic carbocycles. The van der Waals surface area contributed by atoms with Gasteiger partial charge < -0.3 is 4.90 Å². The molecule has 0 aliphatic carbocycles. The summed E-state index contributed by atoms with van der Waals surface area (Å²) in [7, 11) is 0. The fraction of sp³-hybridized carbons (Fsp3) is 0.350. The van der Waals surface area contributed by atoms with Gasteiger partial charge >= 0.3 is 0 Å². The predicted octanol–water partition coefficient (Wildman–Crippen LogP) is 4.55. The number of hydrogen-bond donors (Lipinski definition) is 1. The lowest BCUT2D eigenvalue weighted by Crippen LogP contribution is -2.27. The summed E-state index contributed by atoms with van der Waals surface area (Å²) in [5.74, 6) is 2.55. The lowest BCUT2D eigenvalue weighted by Gasteiger charge is -2.22. The van der Waals surface area contributed by atoms with Gasteiger partial charge in [-0.05, 0) is 38.0 Å². The minimum absolute atomic E-state index is 0.564. The van der Waals surface area contributed by atoms with Gasteiger partial charge in [0.15, 0.2) is 5.82 Å². The number of allylic oxidation sites excluding steroid dienone is 1. The van der Waals surface area contributed by atoms with Crippen LogP contribution in [0.4, 0.5) is 11.5 Å². The van der Waals surface area contributed by atoms with Gasteiger partial charge in [-0.3, -0.25) is 5.43 Å². The van der Waals surface area contributed by atoms with Crippen LogP contribution >= 0.6 is 23.2 Å². The molecule has 0 spiro atoms. The molecule has 0 atom stereocenters. The molecule has 2 aromatic rings. The fourth-order valence-corrected chi connectivity index (χ4v) is 3.14. The Balaban J connectivity index is 2.09. The molecule has 0 bridgehead atoms. The molecule has 5 nitrogen and oxygen atoms in total. The average molecular weight is 406 g/mol. The first kappa shape index (κ1) is 21.2. The van der Waals surface area contributed by atoms with Gasteiger partial charge in [0.05, 0.1) is 6.21 Å². The van der Waals surface area contributed by atoms with Crippen LogP contribution in [-0.4, -0.2) is 41.0 Å². The van der Waals surface area contributed by atoms with Crippen molar-refractivity contribution in [2.24, 2.45) is 5.10 Å². The quantitative estimate of drug-likeness (QED) is 0.272. The van der Waals surface area contributed by atoms with Crippen molar-refractivity contribution in [2.75, 3.05) is 35.2 Å². The van der Waals surface area contributed by atoms with Crippen molar-refractivity contribution in [3.05, 3.63) is 59.6 Å². The van der Waals surface area contributed by atoms with E-state index >= 15 is 0 Å². The summed E-state index contributed by atoms with van der Waals surface area (Å²) in [4.78, 5) is 11.0. The van der Waals surface area contributed by atoms with E-state index in [2.05, 4.69) is 32.0 Å². The number of nitrogens with one attached hydrogen (secondary N) is 1. The number of benzene rings is 1. The molecule has 1 N–H and O–H groups in total. The molecule has 2 rings (SSSR count). The van der Waals surface area contributed by atoms with E-state index in [1.807, 2.05) is 44.2 Å². The van der Waals surface area contributed by atoms with Crippen molar-refractivity contribution in [1.82, 2.24) is 9.97 Å². The molecule has 27 heavy (non-hydrogen) atoms. The number of halogens is 2. The highest BCUT2D eigenvalue weighted by Crippen LogP contribution is 2.18. The van der Waals surface area contributed by atoms with Gasteiger partial charge in [-0.1, -0.05) is 18.2 Å². The lowest BCUT2D eigenvalue weighted by atomic mass is 10.1. The van der Waals surface area contributed by atoms with Crippen molar-refractivity contribution in [1.29, 1.82) is 0 Å². The van der Waals surface area contributed by atoms with Crippen LogP contribution in [0.5, 0.6) is 0 Å². The zero-order chi connectivity index (χ0) is 19.6. The van der Waals surface area contributed by atoms with Crippen LogP contribution in [0.25, 0.3) is 0 Å². The van der Waals surface area contributed by atoms with E-state index in [4.69, 9.17) is 23.2 Å². The summed E-state index contributed by atoms with van der Waals surface area (Å²) in [6, 6.07) is 8.11. The van der Waals surface area contributed by atoms with E-state index in [1.54, 1.807) is 6.21 Å². The van der Waals surface area contributed by atoms with E-state index in [1.165, 1.54) is 0 Å². The number of aryl methyl sites for hydroxylation is 2. The molecular weight excluding hydrogens is 381 g/mol. The van der Waals surface area contributed by atoms with E-state index < -0.39 is 0 Å². The summed E-state index contributed by atoms with van der Waals surface area (Å²) >= 11 is 11.7. The second kappa shape index (κ2) is 10.9. The highest BCUT2D eigenvalue weighted by atomic mass is 35.5. The van der Waals surface area contributed by atoms with Crippen molar-refractivity contribution in [3.8, 4) is 0 Å². The number of rotatable bonds is 10. The Morgan fingerprint density at radius 1 is 1.11 bits per heavy atom. The monoisotopic (exact) mass is 405 g/mol. The van der Waals surface area contributed by atoms with Crippen LogP contribution in [0, 0.1) is 13.8 Å². The molecule has 0 amide bonds. The summed E-state index contributed by atoms with van der Waals surface area (Å²) in [6.07, 6.45) is 4.29. The van der Waals surface area contributed by atoms with Crippen LogP contribution in [0.15, 0.2) is 42.0 Å². The number of alkyl halides is 2. The zero-order valence-electron chi connectivity index (χ0n) is 15.8. The second-order valence-corrected chi connectivity index (χ2v) is 6.76. The van der Waals surface area contributed by atoms with Gasteiger partial charge in [-0.15, -0.1) is 29.8 Å². The van der Waals surface area contributed by atoms with E-state index in [0.29, 0.717) is 29.8 Å². The van der Waals surface area contributed by atoms with Crippen molar-refractivity contribution in [2.45, 2.75) is 20.3 Å².